The van der Waals surface area contributed by atoms with Crippen LogP contribution in [-0.2, 0) is 36.9 Å². The normalized spacial score (nSPS) is 10.9. The van der Waals surface area contributed by atoms with Crippen LogP contribution in [-0.4, -0.2) is 89.4 Å². The molecule has 0 saturated carbocycles. The van der Waals surface area contributed by atoms with Gasteiger partial charge in [0.05, 0.1) is 78.7 Å². The molecular formula is C26H36O10. The van der Waals surface area contributed by atoms with E-state index in [4.69, 9.17) is 38.3 Å². The van der Waals surface area contributed by atoms with Gasteiger partial charge in [-0.05, 0) is 41.5 Å². The van der Waals surface area contributed by atoms with Crippen molar-refractivity contribution in [1.29, 1.82) is 0 Å². The minimum absolute atomic E-state index is 0.0135. The van der Waals surface area contributed by atoms with Crippen molar-refractivity contribution < 1.29 is 48.2 Å². The number of esters is 1. The summed E-state index contributed by atoms with van der Waals surface area (Å²) >= 11 is 0. The maximum Gasteiger partial charge on any atom is 0.337 e. The third kappa shape index (κ3) is 12.3. The number of hydrogen-bond donors (Lipinski definition) is 2. The smallest absolute Gasteiger partial charge is 0.337 e. The Morgan fingerprint density at radius 1 is 0.639 bits per heavy atom. The van der Waals surface area contributed by atoms with Crippen LogP contribution in [0.15, 0.2) is 42.5 Å². The van der Waals surface area contributed by atoms with E-state index in [0.717, 1.165) is 5.56 Å². The Hall–Kier alpha value is -2.73. The third-order valence-corrected chi connectivity index (χ3v) is 4.76. The summed E-state index contributed by atoms with van der Waals surface area (Å²) < 4.78 is 37.7. The zero-order valence-corrected chi connectivity index (χ0v) is 20.7. The molecule has 2 N–H and O–H groups in total. The second-order valence-electron chi connectivity index (χ2n) is 7.47. The molecule has 0 unspecified atom stereocenters. The van der Waals surface area contributed by atoms with Gasteiger partial charge in [0.15, 0.2) is 0 Å². The second-order valence-corrected chi connectivity index (χ2v) is 7.47. The van der Waals surface area contributed by atoms with E-state index >= 15 is 0 Å². The van der Waals surface area contributed by atoms with Crippen LogP contribution in [0.3, 0.4) is 0 Å². The van der Waals surface area contributed by atoms with Crippen molar-refractivity contribution in [2.24, 2.45) is 0 Å². The molecule has 0 radical (unpaired) electrons. The standard InChI is InChI=1S/C26H36O10/c1-30-26(29)23-15-22(20-28)17-25(18-23)36-14-12-34-10-8-32-6-5-31-7-9-33-11-13-35-24-4-2-3-21(16-24)19-27/h2-4,15-18,27-28H,5-14,19-20H2,1H3. The average molecular weight is 509 g/mol. The molecule has 200 valence electrons. The SMILES string of the molecule is COC(=O)c1cc(CO)cc(OCCOCCOCCOCCOCCOc2cccc(CO)c2)c1. The molecule has 0 aromatic heterocycles. The van der Waals surface area contributed by atoms with E-state index in [1.807, 2.05) is 18.2 Å². The van der Waals surface area contributed by atoms with Gasteiger partial charge in [0.25, 0.3) is 0 Å². The summed E-state index contributed by atoms with van der Waals surface area (Å²) in [5.74, 6) is 0.674. The van der Waals surface area contributed by atoms with Crippen LogP contribution < -0.4 is 9.47 Å². The van der Waals surface area contributed by atoms with Crippen molar-refractivity contribution in [3.8, 4) is 11.5 Å². The zero-order chi connectivity index (χ0) is 25.8. The Labute approximate surface area is 211 Å². The maximum absolute atomic E-state index is 11.7. The lowest BCUT2D eigenvalue weighted by Gasteiger charge is -2.10. The number of methoxy groups -OCH3 is 1. The highest BCUT2D eigenvalue weighted by Crippen LogP contribution is 2.18. The van der Waals surface area contributed by atoms with Gasteiger partial charge in [-0.2, -0.15) is 0 Å². The first-order valence-electron chi connectivity index (χ1n) is 11.8. The summed E-state index contributed by atoms with van der Waals surface area (Å²) in [6, 6.07) is 12.1. The second kappa shape index (κ2) is 18.5. The molecule has 2 aromatic carbocycles. The first-order valence-corrected chi connectivity index (χ1v) is 11.8. The largest absolute Gasteiger partial charge is 0.491 e. The monoisotopic (exact) mass is 508 g/mol. The minimum atomic E-state index is -0.494. The van der Waals surface area contributed by atoms with Crippen molar-refractivity contribution in [2.45, 2.75) is 13.2 Å². The van der Waals surface area contributed by atoms with E-state index in [9.17, 15) is 9.90 Å². The average Bonchev–Trinajstić information content (AvgIpc) is 2.92. The number of rotatable bonds is 20. The number of ether oxygens (including phenoxy) is 7. The van der Waals surface area contributed by atoms with Gasteiger partial charge in [-0.25, -0.2) is 4.79 Å². The molecule has 0 bridgehead atoms. The Morgan fingerprint density at radius 2 is 1.14 bits per heavy atom. The number of aliphatic hydroxyl groups excluding tert-OH is 2. The summed E-state index contributed by atoms with van der Waals surface area (Å²) in [6.07, 6.45) is 0. The lowest BCUT2D eigenvalue weighted by molar-refractivity contribution is -0.00699. The number of hydrogen-bond acceptors (Lipinski definition) is 10. The van der Waals surface area contributed by atoms with Crippen molar-refractivity contribution in [1.82, 2.24) is 0 Å². The molecule has 0 atom stereocenters. The fourth-order valence-electron chi connectivity index (χ4n) is 3.00. The van der Waals surface area contributed by atoms with E-state index in [2.05, 4.69) is 0 Å². The summed E-state index contributed by atoms with van der Waals surface area (Å²) in [4.78, 5) is 11.7. The Balaban J connectivity index is 1.38. The molecule has 36 heavy (non-hydrogen) atoms. The van der Waals surface area contributed by atoms with Crippen LogP contribution in [0.4, 0.5) is 0 Å². The van der Waals surface area contributed by atoms with E-state index in [0.29, 0.717) is 88.7 Å². The van der Waals surface area contributed by atoms with Gasteiger partial charge in [0.2, 0.25) is 0 Å². The molecule has 0 amide bonds. The molecular weight excluding hydrogens is 472 g/mol. The molecule has 0 fully saturated rings. The summed E-state index contributed by atoms with van der Waals surface area (Å²) in [7, 11) is 1.30. The molecule has 0 aliphatic rings. The first kappa shape index (κ1) is 29.5. The molecule has 2 aromatic rings. The lowest BCUT2D eigenvalue weighted by atomic mass is 10.1. The van der Waals surface area contributed by atoms with E-state index < -0.39 is 5.97 Å². The van der Waals surface area contributed by atoms with Crippen LogP contribution >= 0.6 is 0 Å². The van der Waals surface area contributed by atoms with Crippen molar-refractivity contribution in [3.05, 3.63) is 59.2 Å². The Morgan fingerprint density at radius 3 is 1.67 bits per heavy atom. The summed E-state index contributed by atoms with van der Waals surface area (Å²) in [6.45, 7) is 3.98. The highest BCUT2D eigenvalue weighted by molar-refractivity contribution is 5.90. The highest BCUT2D eigenvalue weighted by atomic mass is 16.6. The van der Waals surface area contributed by atoms with Crippen LogP contribution in [0.1, 0.15) is 21.5 Å². The van der Waals surface area contributed by atoms with Crippen LogP contribution in [0.5, 0.6) is 11.5 Å². The number of benzene rings is 2. The third-order valence-electron chi connectivity index (χ3n) is 4.76. The predicted octanol–water partition coefficient (Wildman–Crippen LogP) is 1.98. The topological polar surface area (TPSA) is 122 Å². The van der Waals surface area contributed by atoms with Gasteiger partial charge in [0.1, 0.15) is 24.7 Å². The van der Waals surface area contributed by atoms with Gasteiger partial charge in [-0.15, -0.1) is 0 Å². The lowest BCUT2D eigenvalue weighted by Crippen LogP contribution is -2.14. The molecule has 10 nitrogen and oxygen atoms in total. The molecule has 10 heteroatoms. The van der Waals surface area contributed by atoms with Gasteiger partial charge in [-0.3, -0.25) is 0 Å². The number of carbonyl (C=O) groups excluding carboxylic acids is 1. The first-order chi connectivity index (χ1) is 17.7. The van der Waals surface area contributed by atoms with E-state index in [-0.39, 0.29) is 13.2 Å². The summed E-state index contributed by atoms with van der Waals surface area (Å²) in [5, 5.41) is 18.4. The fraction of sp³-hybridized carbons (Fsp3) is 0.500. The molecule has 0 saturated heterocycles. The quantitative estimate of drug-likeness (QED) is 0.203. The van der Waals surface area contributed by atoms with Gasteiger partial charge >= 0.3 is 5.97 Å². The van der Waals surface area contributed by atoms with Crippen LogP contribution in [0, 0.1) is 0 Å². The maximum atomic E-state index is 11.7. The molecule has 0 aliphatic heterocycles. The van der Waals surface area contributed by atoms with Crippen molar-refractivity contribution >= 4 is 5.97 Å². The van der Waals surface area contributed by atoms with Gasteiger partial charge in [-0.1, -0.05) is 12.1 Å². The predicted molar refractivity (Wildman–Crippen MR) is 130 cm³/mol. The number of aliphatic hydroxyl groups is 2. The van der Waals surface area contributed by atoms with Crippen molar-refractivity contribution in [3.63, 3.8) is 0 Å². The van der Waals surface area contributed by atoms with Crippen LogP contribution in [0.2, 0.25) is 0 Å². The van der Waals surface area contributed by atoms with E-state index in [1.165, 1.54) is 7.11 Å². The Kier molecular flexibility index (Phi) is 15.2. The Bertz CT molecular complexity index is 874. The molecule has 0 heterocycles. The number of carbonyl (C=O) groups is 1. The minimum Gasteiger partial charge on any atom is -0.491 e. The van der Waals surface area contributed by atoms with Crippen LogP contribution in [0.25, 0.3) is 0 Å². The summed E-state index contributed by atoms with van der Waals surface area (Å²) in [5.41, 5.74) is 1.69. The molecule has 0 aliphatic carbocycles. The zero-order valence-electron chi connectivity index (χ0n) is 20.7. The highest BCUT2D eigenvalue weighted by Gasteiger charge is 2.09. The fourth-order valence-corrected chi connectivity index (χ4v) is 3.00. The molecule has 2 rings (SSSR count). The van der Waals surface area contributed by atoms with Gasteiger partial charge < -0.3 is 43.4 Å². The molecule has 0 spiro atoms. The van der Waals surface area contributed by atoms with Gasteiger partial charge in [0, 0.05) is 0 Å². The van der Waals surface area contributed by atoms with E-state index in [1.54, 1.807) is 24.3 Å². The van der Waals surface area contributed by atoms with Crippen molar-refractivity contribution in [2.75, 3.05) is 73.2 Å².